The van der Waals surface area contributed by atoms with Gasteiger partial charge in [0.25, 0.3) is 0 Å². The molecule has 1 aliphatic heterocycles. The maximum Gasteiger partial charge on any atom is 0.240 e. The van der Waals surface area contributed by atoms with Gasteiger partial charge in [0.2, 0.25) is 15.9 Å². The van der Waals surface area contributed by atoms with Crippen molar-refractivity contribution in [1.82, 2.24) is 14.5 Å². The fourth-order valence-corrected chi connectivity index (χ4v) is 5.59. The molecule has 1 aliphatic rings. The molecular formula is C29H36ClN3O4S. The monoisotopic (exact) mass is 557 g/mol. The molecule has 0 bridgehead atoms. The van der Waals surface area contributed by atoms with E-state index in [9.17, 15) is 18.3 Å². The van der Waals surface area contributed by atoms with Crippen LogP contribution in [0.15, 0.2) is 83.8 Å². The first-order chi connectivity index (χ1) is 17.7. The number of likely N-dealkylation sites (N-methyl/N-ethyl adjacent to an activating group) is 1. The molecule has 0 radical (unpaired) electrons. The van der Waals surface area contributed by atoms with E-state index in [1.807, 2.05) is 68.6 Å². The van der Waals surface area contributed by atoms with Crippen molar-refractivity contribution in [3.8, 4) is 0 Å². The number of benzene rings is 3. The van der Waals surface area contributed by atoms with Crippen molar-refractivity contribution in [1.29, 1.82) is 0 Å². The summed E-state index contributed by atoms with van der Waals surface area (Å²) in [6.07, 6.45) is 0.696. The van der Waals surface area contributed by atoms with Crippen molar-refractivity contribution in [3.63, 3.8) is 0 Å². The van der Waals surface area contributed by atoms with Crippen molar-refractivity contribution >= 4 is 28.3 Å². The number of carbonyl (C=O) groups is 1. The number of likely N-dealkylation sites (tertiary alicyclic amines) is 1. The van der Waals surface area contributed by atoms with E-state index in [0.29, 0.717) is 13.1 Å². The van der Waals surface area contributed by atoms with Crippen LogP contribution in [0.2, 0.25) is 0 Å². The molecule has 204 valence electrons. The lowest BCUT2D eigenvalue weighted by molar-refractivity contribution is -0.131. The first kappa shape index (κ1) is 29.8. The van der Waals surface area contributed by atoms with Gasteiger partial charge in [0, 0.05) is 33.2 Å². The number of carbonyl (C=O) groups excluding carboxylic acids is 1. The molecule has 0 aliphatic carbocycles. The molecule has 38 heavy (non-hydrogen) atoms. The number of hydrogen-bond acceptors (Lipinski definition) is 5. The summed E-state index contributed by atoms with van der Waals surface area (Å²) in [5.41, 5.74) is 3.75. The van der Waals surface area contributed by atoms with E-state index < -0.39 is 10.0 Å². The predicted molar refractivity (Wildman–Crippen MR) is 152 cm³/mol. The summed E-state index contributed by atoms with van der Waals surface area (Å²) in [5.74, 6) is 0.00132. The van der Waals surface area contributed by atoms with E-state index in [-0.39, 0.29) is 48.3 Å². The second-order valence-electron chi connectivity index (χ2n) is 9.76. The standard InChI is InChI=1S/C29H35N3O4S.ClH/c1-22-8-14-27(15-9-22)37(35,36)30-19-24-12-10-23(11-13-24)18-29(34)31(2)28(25-6-4-3-5-7-25)21-32-17-16-26(33)20-32;/h3-15,26,28,30,33H,16-21H2,1-2H3;1H/t26-,28+;/m0./s1. The predicted octanol–water partition coefficient (Wildman–Crippen LogP) is 3.70. The van der Waals surface area contributed by atoms with Crippen LogP contribution < -0.4 is 4.72 Å². The highest BCUT2D eigenvalue weighted by Gasteiger charge is 2.28. The molecule has 4 rings (SSSR count). The minimum atomic E-state index is -3.60. The van der Waals surface area contributed by atoms with Gasteiger partial charge in [-0.15, -0.1) is 12.4 Å². The Balaban J connectivity index is 0.00000400. The summed E-state index contributed by atoms with van der Waals surface area (Å²) >= 11 is 0. The average molecular weight is 558 g/mol. The van der Waals surface area contributed by atoms with Gasteiger partial charge in [0.1, 0.15) is 0 Å². The smallest absolute Gasteiger partial charge is 0.240 e. The number of nitrogens with zero attached hydrogens (tertiary/aromatic N) is 2. The van der Waals surface area contributed by atoms with Gasteiger partial charge in [-0.25, -0.2) is 13.1 Å². The Hall–Kier alpha value is -2.75. The minimum absolute atomic E-state index is 0. The van der Waals surface area contributed by atoms with Gasteiger partial charge < -0.3 is 10.0 Å². The van der Waals surface area contributed by atoms with Crippen molar-refractivity contribution in [3.05, 3.63) is 101 Å². The molecular weight excluding hydrogens is 522 g/mol. The largest absolute Gasteiger partial charge is 0.392 e. The van der Waals surface area contributed by atoms with Gasteiger partial charge in [0.15, 0.2) is 0 Å². The Kier molecular flexibility index (Phi) is 10.5. The molecule has 0 aromatic heterocycles. The number of aliphatic hydroxyl groups is 1. The van der Waals surface area contributed by atoms with E-state index >= 15 is 0 Å². The molecule has 1 amide bonds. The third kappa shape index (κ3) is 7.88. The highest BCUT2D eigenvalue weighted by atomic mass is 35.5. The number of β-amino-alcohol motifs (C(OH)–C–C–N with tert-alkyl or cyclic N) is 1. The van der Waals surface area contributed by atoms with Crippen molar-refractivity contribution in [2.24, 2.45) is 0 Å². The summed E-state index contributed by atoms with van der Waals surface area (Å²) < 4.78 is 27.7. The van der Waals surface area contributed by atoms with E-state index in [1.54, 1.807) is 29.2 Å². The first-order valence-electron chi connectivity index (χ1n) is 12.6. The zero-order chi connectivity index (χ0) is 26.4. The van der Waals surface area contributed by atoms with Crippen LogP contribution in [-0.2, 0) is 27.8 Å². The Bertz CT molecular complexity index is 1290. The van der Waals surface area contributed by atoms with Crippen LogP contribution in [0.25, 0.3) is 0 Å². The molecule has 1 heterocycles. The van der Waals surface area contributed by atoms with E-state index in [0.717, 1.165) is 35.2 Å². The van der Waals surface area contributed by atoms with Gasteiger partial charge in [-0.2, -0.15) is 0 Å². The van der Waals surface area contributed by atoms with Crippen LogP contribution in [0.3, 0.4) is 0 Å². The molecule has 3 aromatic rings. The van der Waals surface area contributed by atoms with E-state index in [1.165, 1.54) is 0 Å². The number of hydrogen-bond donors (Lipinski definition) is 2. The highest BCUT2D eigenvalue weighted by molar-refractivity contribution is 7.89. The average Bonchev–Trinajstić information content (AvgIpc) is 3.32. The number of halogens is 1. The van der Waals surface area contributed by atoms with Gasteiger partial charge >= 0.3 is 0 Å². The maximum absolute atomic E-state index is 13.3. The SMILES string of the molecule is Cc1ccc(S(=O)(=O)NCc2ccc(CC(=O)N(C)[C@H](CN3CC[C@H](O)C3)c3ccccc3)cc2)cc1.Cl. The second-order valence-corrected chi connectivity index (χ2v) is 11.5. The third-order valence-corrected chi connectivity index (χ3v) is 8.32. The Morgan fingerprint density at radius 3 is 2.26 bits per heavy atom. The van der Waals surface area contributed by atoms with Gasteiger partial charge in [-0.1, -0.05) is 72.3 Å². The summed E-state index contributed by atoms with van der Waals surface area (Å²) in [6, 6.07) is 24.0. The van der Waals surface area contributed by atoms with Crippen molar-refractivity contribution < 1.29 is 18.3 Å². The Morgan fingerprint density at radius 2 is 1.66 bits per heavy atom. The topological polar surface area (TPSA) is 90.0 Å². The summed E-state index contributed by atoms with van der Waals surface area (Å²) in [6.45, 7) is 4.20. The number of aryl methyl sites for hydroxylation is 1. The number of aliphatic hydroxyl groups excluding tert-OH is 1. The van der Waals surface area contributed by atoms with Crippen LogP contribution in [0.1, 0.15) is 34.7 Å². The lowest BCUT2D eigenvalue weighted by Gasteiger charge is -2.32. The third-order valence-electron chi connectivity index (χ3n) is 6.90. The quantitative estimate of drug-likeness (QED) is 0.397. The van der Waals surface area contributed by atoms with Crippen LogP contribution in [0.5, 0.6) is 0 Å². The zero-order valence-corrected chi connectivity index (χ0v) is 23.4. The molecule has 2 atom stereocenters. The summed E-state index contributed by atoms with van der Waals surface area (Å²) in [4.78, 5) is 17.5. The Labute approximate surface area is 231 Å². The molecule has 1 saturated heterocycles. The fourth-order valence-electron chi connectivity index (χ4n) is 4.58. The first-order valence-corrected chi connectivity index (χ1v) is 14.0. The lowest BCUT2D eigenvalue weighted by atomic mass is 10.0. The second kappa shape index (κ2) is 13.4. The lowest BCUT2D eigenvalue weighted by Crippen LogP contribution is -2.39. The van der Waals surface area contributed by atoms with Crippen LogP contribution in [0.4, 0.5) is 0 Å². The molecule has 0 saturated carbocycles. The number of sulfonamides is 1. The number of rotatable bonds is 10. The minimum Gasteiger partial charge on any atom is -0.392 e. The van der Waals surface area contributed by atoms with Crippen molar-refractivity contribution in [2.45, 2.75) is 43.4 Å². The van der Waals surface area contributed by atoms with Crippen molar-refractivity contribution in [2.75, 3.05) is 26.7 Å². The van der Waals surface area contributed by atoms with Gasteiger partial charge in [-0.3, -0.25) is 9.69 Å². The van der Waals surface area contributed by atoms with E-state index in [4.69, 9.17) is 0 Å². The zero-order valence-electron chi connectivity index (χ0n) is 21.8. The molecule has 0 spiro atoms. The van der Waals surface area contributed by atoms with E-state index in [2.05, 4.69) is 9.62 Å². The highest BCUT2D eigenvalue weighted by Crippen LogP contribution is 2.24. The molecule has 0 unspecified atom stereocenters. The molecule has 2 N–H and O–H groups in total. The summed E-state index contributed by atoms with van der Waals surface area (Å²) in [7, 11) is -1.76. The maximum atomic E-state index is 13.3. The van der Waals surface area contributed by atoms with Crippen LogP contribution >= 0.6 is 12.4 Å². The Morgan fingerprint density at radius 1 is 1.03 bits per heavy atom. The number of nitrogens with one attached hydrogen (secondary N) is 1. The van der Waals surface area contributed by atoms with Crippen LogP contribution in [0, 0.1) is 6.92 Å². The summed E-state index contributed by atoms with van der Waals surface area (Å²) in [5, 5.41) is 9.94. The molecule has 9 heteroatoms. The molecule has 3 aromatic carbocycles. The van der Waals surface area contributed by atoms with Crippen LogP contribution in [-0.4, -0.2) is 62.0 Å². The molecule has 1 fully saturated rings. The van der Waals surface area contributed by atoms with Gasteiger partial charge in [0.05, 0.1) is 23.5 Å². The normalized spacial score (nSPS) is 16.6. The van der Waals surface area contributed by atoms with Gasteiger partial charge in [-0.05, 0) is 42.2 Å². The molecule has 7 nitrogen and oxygen atoms in total. The fraction of sp³-hybridized carbons (Fsp3) is 0.345. The number of amides is 1.